The van der Waals surface area contributed by atoms with E-state index < -0.39 is 17.6 Å². The molecule has 0 saturated carbocycles. The smallest absolute Gasteiger partial charge is 0.420 e. The van der Waals surface area contributed by atoms with Crippen LogP contribution in [0, 0.1) is 0 Å². The number of fused-ring (bicyclic) bond motifs is 1. The van der Waals surface area contributed by atoms with Crippen molar-refractivity contribution in [1.29, 1.82) is 0 Å². The van der Waals surface area contributed by atoms with Crippen molar-refractivity contribution in [2.75, 3.05) is 32.5 Å². The molecule has 42 heavy (non-hydrogen) atoms. The first kappa shape index (κ1) is 29.0. The molecule has 0 aliphatic carbocycles. The molecule has 9 nitrogen and oxygen atoms in total. The van der Waals surface area contributed by atoms with Crippen LogP contribution in [0.3, 0.4) is 0 Å². The highest BCUT2D eigenvalue weighted by Crippen LogP contribution is 2.39. The van der Waals surface area contributed by atoms with Crippen LogP contribution in [-0.2, 0) is 22.3 Å². The van der Waals surface area contributed by atoms with Crippen LogP contribution in [0.1, 0.15) is 33.7 Å². The van der Waals surface area contributed by atoms with Crippen molar-refractivity contribution >= 4 is 35.1 Å². The number of carbonyl (C=O) groups is 2. The monoisotopic (exact) mass is 579 g/mol. The Labute approximate surface area is 239 Å². The Kier molecular flexibility index (Phi) is 8.10. The minimum absolute atomic E-state index is 0.114. The summed E-state index contributed by atoms with van der Waals surface area (Å²) in [5.41, 5.74) is 6.00. The molecule has 2 aliphatic heterocycles. The maximum atomic E-state index is 13.7. The molecule has 4 aromatic rings. The average Bonchev–Trinajstić information content (AvgIpc) is 3.35. The van der Waals surface area contributed by atoms with Gasteiger partial charge in [0.1, 0.15) is 17.2 Å². The molecule has 1 amide bonds. The van der Waals surface area contributed by atoms with Gasteiger partial charge in [0.05, 0.1) is 30.0 Å². The number of benzene rings is 1. The number of carbonyl (C=O) groups excluding carboxylic acids is 2. The van der Waals surface area contributed by atoms with Gasteiger partial charge in [-0.2, -0.15) is 13.2 Å². The van der Waals surface area contributed by atoms with Crippen LogP contribution in [0.15, 0.2) is 65.4 Å². The lowest BCUT2D eigenvalue weighted by atomic mass is 9.87. The second kappa shape index (κ2) is 11.7. The molecule has 0 radical (unpaired) electrons. The topological polar surface area (TPSA) is 124 Å². The van der Waals surface area contributed by atoms with E-state index in [1.165, 1.54) is 55.2 Å². The molecule has 2 aliphatic rings. The van der Waals surface area contributed by atoms with Gasteiger partial charge in [0, 0.05) is 54.5 Å². The van der Waals surface area contributed by atoms with Crippen LogP contribution in [0.4, 0.5) is 19.0 Å². The van der Waals surface area contributed by atoms with Gasteiger partial charge in [-0.15, -0.1) is 0 Å². The third-order valence-electron chi connectivity index (χ3n) is 6.95. The molecule has 2 saturated heterocycles. The quantitative estimate of drug-likeness (QED) is 0.248. The number of ether oxygens (including phenoxy) is 1. The number of halogens is 3. The van der Waals surface area contributed by atoms with Gasteiger partial charge in [-0.3, -0.25) is 14.6 Å². The van der Waals surface area contributed by atoms with E-state index in [4.69, 9.17) is 14.9 Å². The molecular formula is C30H28F3N5O4. The van der Waals surface area contributed by atoms with Crippen LogP contribution in [0.5, 0.6) is 0 Å². The molecule has 218 valence electrons. The van der Waals surface area contributed by atoms with Gasteiger partial charge in [0.15, 0.2) is 6.29 Å². The zero-order chi connectivity index (χ0) is 29.9. The predicted octanol–water partition coefficient (Wildman–Crippen LogP) is 4.72. The Morgan fingerprint density at radius 3 is 2.40 bits per heavy atom. The van der Waals surface area contributed by atoms with Crippen molar-refractivity contribution in [3.63, 3.8) is 0 Å². The van der Waals surface area contributed by atoms with Crippen LogP contribution < -0.4 is 11.1 Å². The summed E-state index contributed by atoms with van der Waals surface area (Å²) in [4.78, 5) is 33.2. The number of likely N-dealkylation sites (N-methyl/N-ethyl adjacent to an activating group) is 1. The highest BCUT2D eigenvalue weighted by Gasteiger charge is 2.47. The first-order valence-corrected chi connectivity index (χ1v) is 13.1. The molecular weight excluding hydrogens is 551 g/mol. The standard InChI is InChI=1S/C24H17F3N4O3.C6H11NO/c25-24(26,27)19-9-16(20-4-1-15(13-32)11-29-20)7-17-8-18(34-23(17)19)12-31-22(33)6-3-14-2-5-21(28)30-10-14;1-7-4-6(5-7)2-3-8-6/h1-11,13H,12H2,(H2,28,30)(H,31,33);2-5H2,1H3/b6-3+;. The number of anilines is 1. The Morgan fingerprint density at radius 2 is 1.86 bits per heavy atom. The maximum absolute atomic E-state index is 13.7. The highest BCUT2D eigenvalue weighted by molar-refractivity contribution is 5.92. The van der Waals surface area contributed by atoms with Crippen LogP contribution in [0.2, 0.25) is 0 Å². The maximum Gasteiger partial charge on any atom is 0.420 e. The Balaban J connectivity index is 0.000000375. The van der Waals surface area contributed by atoms with E-state index in [2.05, 4.69) is 27.2 Å². The molecule has 5 heterocycles. The van der Waals surface area contributed by atoms with E-state index >= 15 is 0 Å². The van der Waals surface area contributed by atoms with Crippen molar-refractivity contribution in [2.45, 2.75) is 24.7 Å². The van der Waals surface area contributed by atoms with Gasteiger partial charge in [-0.05, 0) is 61.2 Å². The number of rotatable bonds is 6. The number of likely N-dealkylation sites (tertiary alicyclic amines) is 1. The first-order chi connectivity index (χ1) is 20.0. The lowest BCUT2D eigenvalue weighted by Gasteiger charge is -2.53. The van der Waals surface area contributed by atoms with Gasteiger partial charge >= 0.3 is 6.18 Å². The van der Waals surface area contributed by atoms with Crippen molar-refractivity contribution in [1.82, 2.24) is 20.2 Å². The van der Waals surface area contributed by atoms with Gasteiger partial charge in [0.25, 0.3) is 0 Å². The molecule has 6 rings (SSSR count). The number of aldehydes is 1. The van der Waals surface area contributed by atoms with Crippen LogP contribution in [0.25, 0.3) is 28.3 Å². The van der Waals surface area contributed by atoms with E-state index in [-0.39, 0.29) is 34.5 Å². The highest BCUT2D eigenvalue weighted by atomic mass is 19.4. The molecule has 1 spiro atoms. The first-order valence-electron chi connectivity index (χ1n) is 13.1. The normalized spacial score (nSPS) is 16.0. The molecule has 2 fully saturated rings. The number of nitrogens with one attached hydrogen (secondary N) is 1. The molecule has 1 aromatic carbocycles. The second-order valence-electron chi connectivity index (χ2n) is 10.3. The van der Waals surface area contributed by atoms with Gasteiger partial charge < -0.3 is 25.1 Å². The molecule has 3 aromatic heterocycles. The predicted molar refractivity (Wildman–Crippen MR) is 150 cm³/mol. The summed E-state index contributed by atoms with van der Waals surface area (Å²) < 4.78 is 52.0. The molecule has 0 bridgehead atoms. The zero-order valence-electron chi connectivity index (χ0n) is 22.6. The number of amides is 1. The summed E-state index contributed by atoms with van der Waals surface area (Å²) >= 11 is 0. The number of aromatic nitrogens is 2. The van der Waals surface area contributed by atoms with Crippen molar-refractivity contribution in [3.8, 4) is 11.3 Å². The van der Waals surface area contributed by atoms with E-state index in [1.807, 2.05) is 0 Å². The lowest BCUT2D eigenvalue weighted by Crippen LogP contribution is -2.66. The summed E-state index contributed by atoms with van der Waals surface area (Å²) in [6, 6.07) is 10.1. The third-order valence-corrected chi connectivity index (χ3v) is 6.95. The fourth-order valence-corrected chi connectivity index (χ4v) is 4.80. The number of hydrogen-bond acceptors (Lipinski definition) is 8. The van der Waals surface area contributed by atoms with Gasteiger partial charge in [-0.1, -0.05) is 0 Å². The Morgan fingerprint density at radius 1 is 1.12 bits per heavy atom. The summed E-state index contributed by atoms with van der Waals surface area (Å²) in [7, 11) is 2.13. The minimum Gasteiger partial charge on any atom is -0.459 e. The SMILES string of the molecule is CN1CC2(CCO2)C1.Nc1ccc(/C=C/C(=O)NCc2cc3cc(-c4ccc(C=O)cn4)cc(C(F)(F)F)c3o2)cn1. The average molecular weight is 580 g/mol. The van der Waals surface area contributed by atoms with Crippen molar-refractivity contribution in [3.05, 3.63) is 83.4 Å². The molecule has 0 unspecified atom stereocenters. The van der Waals surface area contributed by atoms with Crippen LogP contribution >= 0.6 is 0 Å². The van der Waals surface area contributed by atoms with Crippen molar-refractivity contribution in [2.24, 2.45) is 0 Å². The fourth-order valence-electron chi connectivity index (χ4n) is 4.80. The largest absolute Gasteiger partial charge is 0.459 e. The van der Waals surface area contributed by atoms with E-state index in [0.29, 0.717) is 28.8 Å². The number of alkyl halides is 3. The number of nitrogens with two attached hydrogens (primary N) is 1. The van der Waals surface area contributed by atoms with E-state index in [1.54, 1.807) is 12.1 Å². The lowest BCUT2D eigenvalue weighted by molar-refractivity contribution is -0.215. The summed E-state index contributed by atoms with van der Waals surface area (Å²) in [6.45, 7) is 3.20. The van der Waals surface area contributed by atoms with E-state index in [0.717, 1.165) is 25.8 Å². The van der Waals surface area contributed by atoms with Crippen molar-refractivity contribution < 1.29 is 31.9 Å². The van der Waals surface area contributed by atoms with Gasteiger partial charge in [0.2, 0.25) is 5.91 Å². The Bertz CT molecular complexity index is 1600. The van der Waals surface area contributed by atoms with Gasteiger partial charge in [-0.25, -0.2) is 4.98 Å². The summed E-state index contributed by atoms with van der Waals surface area (Å²) in [6.07, 6.45) is 2.78. The van der Waals surface area contributed by atoms with E-state index in [9.17, 15) is 22.8 Å². The number of pyridine rings is 2. The second-order valence-corrected chi connectivity index (χ2v) is 10.3. The molecule has 0 atom stereocenters. The Hall–Kier alpha value is -4.55. The number of furan rings is 1. The zero-order valence-corrected chi connectivity index (χ0v) is 22.6. The number of hydrogen-bond donors (Lipinski definition) is 2. The summed E-state index contributed by atoms with van der Waals surface area (Å²) in [5, 5.41) is 2.77. The molecule has 12 heteroatoms. The fraction of sp³-hybridized carbons (Fsp3) is 0.267. The molecule has 3 N–H and O–H groups in total. The number of nitrogen functional groups attached to an aromatic ring is 1. The summed E-state index contributed by atoms with van der Waals surface area (Å²) in [5.74, 6) is 0.0351. The third kappa shape index (κ3) is 6.67. The number of nitrogens with zero attached hydrogens (tertiary/aromatic N) is 3. The minimum atomic E-state index is -4.68. The van der Waals surface area contributed by atoms with Crippen LogP contribution in [-0.4, -0.2) is 59.4 Å².